The highest BCUT2D eigenvalue weighted by Crippen LogP contribution is 2.56. The number of quaternary nitrogens is 1. The summed E-state index contributed by atoms with van der Waals surface area (Å²) >= 11 is 0. The zero-order chi connectivity index (χ0) is 20.7. The Morgan fingerprint density at radius 1 is 1.27 bits per heavy atom. The lowest BCUT2D eigenvalue weighted by Crippen LogP contribution is -2.93. The smallest absolute Gasteiger partial charge is 0.315 e. The van der Waals surface area contributed by atoms with Crippen molar-refractivity contribution in [2.45, 2.75) is 83.3 Å². The van der Waals surface area contributed by atoms with E-state index in [9.17, 15) is 4.79 Å². The summed E-state index contributed by atoms with van der Waals surface area (Å²) in [7, 11) is 0. The Balaban J connectivity index is 1.24. The van der Waals surface area contributed by atoms with Gasteiger partial charge in [0.15, 0.2) is 0 Å². The fourth-order valence-electron chi connectivity index (χ4n) is 7.33. The molecule has 30 heavy (non-hydrogen) atoms. The fourth-order valence-corrected chi connectivity index (χ4v) is 7.33. The normalized spacial score (nSPS) is 41.2. The van der Waals surface area contributed by atoms with Crippen molar-refractivity contribution in [3.8, 4) is 0 Å². The summed E-state index contributed by atoms with van der Waals surface area (Å²) in [5, 5.41) is 2.49. The zero-order valence-electron chi connectivity index (χ0n) is 18.5. The molecule has 4 fully saturated rings. The van der Waals surface area contributed by atoms with Crippen molar-refractivity contribution < 1.29 is 19.3 Å². The van der Waals surface area contributed by atoms with E-state index in [1.807, 2.05) is 6.07 Å². The van der Waals surface area contributed by atoms with Gasteiger partial charge in [-0.1, -0.05) is 25.5 Å². The molecule has 0 bridgehead atoms. The molecule has 4 nitrogen and oxygen atoms in total. The maximum Gasteiger partial charge on any atom is 0.315 e. The van der Waals surface area contributed by atoms with Crippen molar-refractivity contribution in [3.63, 3.8) is 0 Å². The monoisotopic (exact) mass is 412 g/mol. The maximum absolute atomic E-state index is 12.9. The third-order valence-corrected chi connectivity index (χ3v) is 9.02. The Labute approximate surface area is 180 Å². The minimum absolute atomic E-state index is 0.0560. The summed E-state index contributed by atoms with van der Waals surface area (Å²) in [6.45, 7) is 7.72. The SMILES string of the molecule is C=C1CCC[C@]2(C)C[C@H]3OC(=O)[C@H](C[NH2+][C@@H]4CCCC[C@@H]4Cc4ccco4)[C@H]3C[C@@H]12. The molecule has 3 saturated carbocycles. The number of allylic oxidation sites excluding steroid dienone is 1. The van der Waals surface area contributed by atoms with Gasteiger partial charge in [-0.2, -0.15) is 0 Å². The van der Waals surface area contributed by atoms with E-state index in [2.05, 4.69) is 24.9 Å². The number of hydrogen-bond donors (Lipinski definition) is 1. The largest absolute Gasteiger partial charge is 0.469 e. The van der Waals surface area contributed by atoms with E-state index in [-0.39, 0.29) is 23.4 Å². The van der Waals surface area contributed by atoms with Crippen LogP contribution in [0.5, 0.6) is 0 Å². The topological polar surface area (TPSA) is 56.0 Å². The van der Waals surface area contributed by atoms with E-state index in [4.69, 9.17) is 9.15 Å². The lowest BCUT2D eigenvalue weighted by Gasteiger charge is -2.49. The van der Waals surface area contributed by atoms with E-state index in [0.717, 1.165) is 31.6 Å². The van der Waals surface area contributed by atoms with Gasteiger partial charge in [0.2, 0.25) is 0 Å². The molecule has 1 aromatic heterocycles. The number of carbonyl (C=O) groups is 1. The number of ether oxygens (including phenoxy) is 1. The van der Waals surface area contributed by atoms with Gasteiger partial charge in [0, 0.05) is 18.3 Å². The molecule has 7 atom stereocenters. The van der Waals surface area contributed by atoms with Gasteiger partial charge in [-0.25, -0.2) is 0 Å². The Morgan fingerprint density at radius 2 is 2.13 bits per heavy atom. The van der Waals surface area contributed by atoms with Gasteiger partial charge >= 0.3 is 5.97 Å². The molecule has 0 aromatic carbocycles. The Hall–Kier alpha value is -1.55. The highest BCUT2D eigenvalue weighted by atomic mass is 16.6. The average molecular weight is 413 g/mol. The number of furan rings is 1. The molecular weight excluding hydrogens is 374 g/mol. The third-order valence-electron chi connectivity index (χ3n) is 9.02. The first-order valence-electron chi connectivity index (χ1n) is 12.3. The minimum atomic E-state index is 0.0560. The molecule has 1 aromatic rings. The number of carbonyl (C=O) groups excluding carboxylic acids is 1. The van der Waals surface area contributed by atoms with Crippen LogP contribution in [0.2, 0.25) is 0 Å². The minimum Gasteiger partial charge on any atom is -0.469 e. The van der Waals surface area contributed by atoms with Crippen LogP contribution >= 0.6 is 0 Å². The molecule has 2 heterocycles. The van der Waals surface area contributed by atoms with Crippen LogP contribution in [0.3, 0.4) is 0 Å². The molecule has 0 unspecified atom stereocenters. The van der Waals surface area contributed by atoms with Gasteiger partial charge in [0.05, 0.1) is 18.8 Å². The summed E-state index contributed by atoms with van der Waals surface area (Å²) in [5.41, 5.74) is 1.71. The molecule has 5 rings (SSSR count). The van der Waals surface area contributed by atoms with E-state index in [1.54, 1.807) is 6.26 Å². The van der Waals surface area contributed by atoms with E-state index in [1.165, 1.54) is 50.5 Å². The molecule has 4 heteroatoms. The highest BCUT2D eigenvalue weighted by Gasteiger charge is 2.55. The second-order valence-electron chi connectivity index (χ2n) is 10.9. The number of nitrogens with two attached hydrogens (primary N) is 1. The summed E-state index contributed by atoms with van der Waals surface area (Å²) in [5.74, 6) is 2.82. The van der Waals surface area contributed by atoms with Gasteiger partial charge in [0.1, 0.15) is 17.8 Å². The van der Waals surface area contributed by atoms with E-state index >= 15 is 0 Å². The van der Waals surface area contributed by atoms with Crippen molar-refractivity contribution >= 4 is 5.97 Å². The van der Waals surface area contributed by atoms with Crippen LogP contribution in [0.1, 0.15) is 70.5 Å². The average Bonchev–Trinajstić information content (AvgIpc) is 3.33. The fraction of sp³-hybridized carbons (Fsp3) is 0.731. The molecular formula is C26H38NO3+. The van der Waals surface area contributed by atoms with Crippen LogP contribution in [-0.4, -0.2) is 24.7 Å². The van der Waals surface area contributed by atoms with Gasteiger partial charge in [0.25, 0.3) is 0 Å². The predicted octanol–water partition coefficient (Wildman–Crippen LogP) is 4.26. The molecule has 0 spiro atoms. The predicted molar refractivity (Wildman–Crippen MR) is 116 cm³/mol. The Kier molecular flexibility index (Phi) is 5.55. The summed E-state index contributed by atoms with van der Waals surface area (Å²) < 4.78 is 11.6. The number of rotatable bonds is 5. The second kappa shape index (κ2) is 8.18. The second-order valence-corrected chi connectivity index (χ2v) is 10.9. The van der Waals surface area contributed by atoms with E-state index in [0.29, 0.717) is 23.8 Å². The zero-order valence-corrected chi connectivity index (χ0v) is 18.5. The van der Waals surface area contributed by atoms with Crippen LogP contribution in [0, 0.1) is 29.1 Å². The number of hydrogen-bond acceptors (Lipinski definition) is 3. The molecule has 4 aliphatic rings. The standard InChI is InChI=1S/C26H37NO3/c1-17-7-5-11-26(2)15-24-20(14-22(17)26)21(25(28)30-24)16-27-23-10-4-3-8-18(23)13-19-9-6-12-29-19/h6,9,12,18,20-24,27H,1,3-5,7-8,10-11,13-16H2,2H3/p+1/t18-,20-,21-,22+,23-,24-,26-/m1/s1. The lowest BCUT2D eigenvalue weighted by molar-refractivity contribution is -0.702. The summed E-state index contributed by atoms with van der Waals surface area (Å²) in [4.78, 5) is 12.9. The summed E-state index contributed by atoms with van der Waals surface area (Å²) in [6, 6.07) is 4.68. The molecule has 1 saturated heterocycles. The first kappa shape index (κ1) is 20.4. The van der Waals surface area contributed by atoms with E-state index < -0.39 is 0 Å². The maximum atomic E-state index is 12.9. The van der Waals surface area contributed by atoms with Gasteiger partial charge < -0.3 is 14.5 Å². The lowest BCUT2D eigenvalue weighted by atomic mass is 9.55. The third kappa shape index (κ3) is 3.77. The molecule has 164 valence electrons. The highest BCUT2D eigenvalue weighted by molar-refractivity contribution is 5.75. The Bertz CT molecular complexity index is 771. The first-order valence-corrected chi connectivity index (χ1v) is 12.3. The number of fused-ring (bicyclic) bond motifs is 2. The quantitative estimate of drug-likeness (QED) is 0.581. The van der Waals surface area contributed by atoms with Crippen LogP contribution < -0.4 is 5.32 Å². The molecule has 1 aliphatic heterocycles. The van der Waals surface area contributed by atoms with Crippen LogP contribution in [0.4, 0.5) is 0 Å². The first-order chi connectivity index (χ1) is 14.5. The molecule has 2 N–H and O–H groups in total. The molecule has 3 aliphatic carbocycles. The summed E-state index contributed by atoms with van der Waals surface area (Å²) in [6.07, 6.45) is 13.9. The molecule has 0 amide bonds. The van der Waals surface area contributed by atoms with Gasteiger partial charge in [-0.3, -0.25) is 4.79 Å². The van der Waals surface area contributed by atoms with Crippen LogP contribution in [-0.2, 0) is 16.0 Å². The Morgan fingerprint density at radius 3 is 2.97 bits per heavy atom. The number of esters is 1. The van der Waals surface area contributed by atoms with Gasteiger partial charge in [-0.05, 0) is 74.8 Å². The van der Waals surface area contributed by atoms with Crippen molar-refractivity contribution in [3.05, 3.63) is 36.3 Å². The van der Waals surface area contributed by atoms with Gasteiger partial charge in [-0.15, -0.1) is 0 Å². The van der Waals surface area contributed by atoms with Crippen LogP contribution in [0.25, 0.3) is 0 Å². The van der Waals surface area contributed by atoms with Crippen molar-refractivity contribution in [2.24, 2.45) is 29.1 Å². The van der Waals surface area contributed by atoms with Crippen LogP contribution in [0.15, 0.2) is 35.0 Å². The van der Waals surface area contributed by atoms with Crippen molar-refractivity contribution in [1.82, 2.24) is 0 Å². The molecule has 0 radical (unpaired) electrons. The van der Waals surface area contributed by atoms with Crippen molar-refractivity contribution in [1.29, 1.82) is 0 Å². The van der Waals surface area contributed by atoms with Crippen molar-refractivity contribution in [2.75, 3.05) is 6.54 Å².